The topological polar surface area (TPSA) is 88.2 Å². The first-order valence-electron chi connectivity index (χ1n) is 11.8. The Hall–Kier alpha value is -4.41. The van der Waals surface area contributed by atoms with Crippen molar-refractivity contribution in [1.82, 2.24) is 14.7 Å². The number of rotatable bonds is 8. The summed E-state index contributed by atoms with van der Waals surface area (Å²) in [4.78, 5) is 27.0. The number of hydrogen-bond acceptors (Lipinski definition) is 5. The van der Waals surface area contributed by atoms with Crippen molar-refractivity contribution in [3.8, 4) is 28.8 Å². The number of carbonyl (C=O) groups excluding carboxylic acids is 2. The molecule has 8 heteroatoms. The Morgan fingerprint density at radius 1 is 1.16 bits per heavy atom. The van der Waals surface area contributed by atoms with Crippen LogP contribution in [-0.2, 0) is 9.59 Å². The summed E-state index contributed by atoms with van der Waals surface area (Å²) in [5.74, 6) is -0.550. The lowest BCUT2D eigenvalue weighted by atomic mass is 9.93. The van der Waals surface area contributed by atoms with Gasteiger partial charge < -0.3 is 4.74 Å². The average molecular weight is 513 g/mol. The van der Waals surface area contributed by atoms with Gasteiger partial charge >= 0.3 is 0 Å². The van der Waals surface area contributed by atoms with E-state index in [9.17, 15) is 14.9 Å². The van der Waals surface area contributed by atoms with Crippen molar-refractivity contribution in [2.75, 3.05) is 13.2 Å². The van der Waals surface area contributed by atoms with Gasteiger partial charge in [0.1, 0.15) is 23.1 Å². The molecule has 1 aromatic heterocycles. The molecule has 0 fully saturated rings. The Bertz CT molecular complexity index is 1480. The summed E-state index contributed by atoms with van der Waals surface area (Å²) in [7, 11) is 0. The number of imide groups is 1. The first-order valence-corrected chi connectivity index (χ1v) is 12.1. The fourth-order valence-corrected chi connectivity index (χ4v) is 4.22. The summed E-state index contributed by atoms with van der Waals surface area (Å²) in [5, 5.41) is 14.9. The van der Waals surface area contributed by atoms with E-state index in [4.69, 9.17) is 21.4 Å². The number of amides is 2. The van der Waals surface area contributed by atoms with Gasteiger partial charge in [0, 0.05) is 29.4 Å². The number of para-hydroxylation sites is 1. The van der Waals surface area contributed by atoms with Crippen LogP contribution in [0, 0.1) is 11.3 Å². The number of nitrogens with zero attached hydrogens (tertiary/aromatic N) is 4. The molecular formula is C29H25ClN4O3. The molecule has 0 N–H and O–H groups in total. The van der Waals surface area contributed by atoms with Gasteiger partial charge in [0.05, 0.1) is 17.3 Å². The Kier molecular flexibility index (Phi) is 7.71. The van der Waals surface area contributed by atoms with Crippen molar-refractivity contribution in [3.63, 3.8) is 0 Å². The van der Waals surface area contributed by atoms with Gasteiger partial charge in [-0.05, 0) is 55.3 Å². The van der Waals surface area contributed by atoms with E-state index in [-0.39, 0.29) is 17.7 Å². The van der Waals surface area contributed by atoms with E-state index in [0.717, 1.165) is 22.6 Å². The molecule has 2 aromatic carbocycles. The van der Waals surface area contributed by atoms with Gasteiger partial charge in [-0.1, -0.05) is 42.8 Å². The second-order valence-electron chi connectivity index (χ2n) is 8.39. The SMILES string of the molecule is C=CCN1C(=O)C(C#N)=C(C)/C(=C\c2cn(-c3ccccc3)nc2-c2ccc(OCCC)c(Cl)c2)C1=O. The van der Waals surface area contributed by atoms with Crippen molar-refractivity contribution in [1.29, 1.82) is 5.26 Å². The maximum Gasteiger partial charge on any atom is 0.271 e. The Balaban J connectivity index is 1.89. The van der Waals surface area contributed by atoms with Gasteiger partial charge in [-0.15, -0.1) is 6.58 Å². The van der Waals surface area contributed by atoms with Crippen LogP contribution in [0.3, 0.4) is 0 Å². The number of benzene rings is 2. The Labute approximate surface area is 220 Å². The second kappa shape index (κ2) is 11.1. The standard InChI is InChI=1S/C29H25ClN4O3/c1-4-13-33-28(35)23(19(3)24(17-31)29(33)36)15-21-18-34(22-9-7-6-8-10-22)32-27(21)20-11-12-26(25(30)16-20)37-14-5-2/h4,6-12,15-16,18H,1,5,13-14H2,2-3H3/b23-15+. The predicted octanol–water partition coefficient (Wildman–Crippen LogP) is 5.76. The molecule has 1 aliphatic heterocycles. The molecule has 2 amide bonds. The van der Waals surface area contributed by atoms with Crippen molar-refractivity contribution in [3.05, 3.63) is 94.7 Å². The van der Waals surface area contributed by atoms with Gasteiger partial charge in [-0.2, -0.15) is 10.4 Å². The molecule has 2 heterocycles. The third-order valence-corrected chi connectivity index (χ3v) is 6.16. The first kappa shape index (κ1) is 25.7. The number of ether oxygens (including phenoxy) is 1. The molecule has 186 valence electrons. The third kappa shape index (κ3) is 5.11. The molecule has 4 rings (SSSR count). The second-order valence-corrected chi connectivity index (χ2v) is 8.79. The highest BCUT2D eigenvalue weighted by atomic mass is 35.5. The molecule has 0 saturated heterocycles. The van der Waals surface area contributed by atoms with E-state index in [2.05, 4.69) is 6.58 Å². The molecule has 1 aliphatic rings. The predicted molar refractivity (Wildman–Crippen MR) is 143 cm³/mol. The highest BCUT2D eigenvalue weighted by molar-refractivity contribution is 6.32. The minimum Gasteiger partial charge on any atom is -0.492 e. The maximum absolute atomic E-state index is 13.3. The number of hydrogen-bond donors (Lipinski definition) is 0. The van der Waals surface area contributed by atoms with Crippen LogP contribution in [0.25, 0.3) is 23.0 Å². The van der Waals surface area contributed by atoms with E-state index in [0.29, 0.717) is 34.2 Å². The zero-order chi connectivity index (χ0) is 26.5. The van der Waals surface area contributed by atoms with Gasteiger partial charge in [0.2, 0.25) is 0 Å². The normalized spacial score (nSPS) is 14.8. The molecule has 0 bridgehead atoms. The zero-order valence-electron chi connectivity index (χ0n) is 20.6. The lowest BCUT2D eigenvalue weighted by Gasteiger charge is -2.26. The van der Waals surface area contributed by atoms with E-state index >= 15 is 0 Å². The van der Waals surface area contributed by atoms with Crippen LogP contribution in [0.1, 0.15) is 25.8 Å². The zero-order valence-corrected chi connectivity index (χ0v) is 21.3. The highest BCUT2D eigenvalue weighted by Gasteiger charge is 2.35. The van der Waals surface area contributed by atoms with Gasteiger partial charge in [-0.25, -0.2) is 4.68 Å². The van der Waals surface area contributed by atoms with Gasteiger partial charge in [0.15, 0.2) is 0 Å². The minimum atomic E-state index is -0.628. The summed E-state index contributed by atoms with van der Waals surface area (Å²) in [6, 6.07) is 16.9. The van der Waals surface area contributed by atoms with E-state index in [1.807, 2.05) is 49.4 Å². The van der Waals surface area contributed by atoms with E-state index in [1.165, 1.54) is 6.08 Å². The number of halogens is 1. The molecule has 0 atom stereocenters. The first-order chi connectivity index (χ1) is 17.9. The summed E-state index contributed by atoms with van der Waals surface area (Å²) < 4.78 is 7.41. The Morgan fingerprint density at radius 3 is 2.57 bits per heavy atom. The Morgan fingerprint density at radius 2 is 1.92 bits per heavy atom. The third-order valence-electron chi connectivity index (χ3n) is 5.87. The number of carbonyl (C=O) groups is 2. The monoisotopic (exact) mass is 512 g/mol. The minimum absolute atomic E-state index is 0.00156. The average Bonchev–Trinajstić information content (AvgIpc) is 3.33. The maximum atomic E-state index is 13.3. The van der Waals surface area contributed by atoms with E-state index < -0.39 is 11.8 Å². The lowest BCUT2D eigenvalue weighted by Crippen LogP contribution is -2.42. The van der Waals surface area contributed by atoms with Crippen LogP contribution in [0.2, 0.25) is 5.02 Å². The summed E-state index contributed by atoms with van der Waals surface area (Å²) in [5.41, 5.74) is 3.22. The lowest BCUT2D eigenvalue weighted by molar-refractivity contribution is -0.139. The van der Waals surface area contributed by atoms with Crippen LogP contribution in [-0.4, -0.2) is 39.6 Å². The fourth-order valence-electron chi connectivity index (χ4n) is 3.99. The largest absolute Gasteiger partial charge is 0.492 e. The number of aromatic nitrogens is 2. The van der Waals surface area contributed by atoms with Gasteiger partial charge in [-0.3, -0.25) is 14.5 Å². The van der Waals surface area contributed by atoms with Crippen molar-refractivity contribution in [2.24, 2.45) is 0 Å². The smallest absolute Gasteiger partial charge is 0.271 e. The molecule has 0 aliphatic carbocycles. The highest BCUT2D eigenvalue weighted by Crippen LogP contribution is 2.34. The molecule has 37 heavy (non-hydrogen) atoms. The van der Waals surface area contributed by atoms with Crippen molar-refractivity contribution >= 4 is 29.5 Å². The van der Waals surface area contributed by atoms with Crippen molar-refractivity contribution in [2.45, 2.75) is 20.3 Å². The molecule has 0 unspecified atom stereocenters. The number of nitriles is 1. The van der Waals surface area contributed by atoms with Crippen LogP contribution < -0.4 is 4.74 Å². The van der Waals surface area contributed by atoms with Crippen LogP contribution in [0.4, 0.5) is 0 Å². The molecule has 0 radical (unpaired) electrons. The molecule has 0 saturated carbocycles. The summed E-state index contributed by atoms with van der Waals surface area (Å²) in [6.07, 6.45) is 5.77. The van der Waals surface area contributed by atoms with Crippen molar-refractivity contribution < 1.29 is 14.3 Å². The molecule has 3 aromatic rings. The van der Waals surface area contributed by atoms with Crippen LogP contribution in [0.15, 0.2) is 84.1 Å². The van der Waals surface area contributed by atoms with E-state index in [1.54, 1.807) is 36.0 Å². The summed E-state index contributed by atoms with van der Waals surface area (Å²) >= 11 is 6.51. The van der Waals surface area contributed by atoms with Crippen LogP contribution >= 0.6 is 11.6 Å². The quantitative estimate of drug-likeness (QED) is 0.217. The molecular weight excluding hydrogens is 488 g/mol. The van der Waals surface area contributed by atoms with Crippen LogP contribution in [0.5, 0.6) is 5.75 Å². The fraction of sp³-hybridized carbons (Fsp3) is 0.172. The molecule has 0 spiro atoms. The summed E-state index contributed by atoms with van der Waals surface area (Å²) in [6.45, 7) is 7.79. The molecule has 7 nitrogen and oxygen atoms in total. The van der Waals surface area contributed by atoms with Gasteiger partial charge in [0.25, 0.3) is 11.8 Å².